The summed E-state index contributed by atoms with van der Waals surface area (Å²) in [4.78, 5) is 15.1. The predicted octanol–water partition coefficient (Wildman–Crippen LogP) is 5.97. The third kappa shape index (κ3) is 5.28. The monoisotopic (exact) mass is 567 g/mol. The minimum absolute atomic E-state index is 0.0370. The van der Waals surface area contributed by atoms with Gasteiger partial charge in [-0.25, -0.2) is 0 Å². The highest BCUT2D eigenvalue weighted by atomic mass is 19.4. The molecule has 0 spiro atoms. The number of aromatic nitrogens is 3. The maximum atomic E-state index is 14.2. The van der Waals surface area contributed by atoms with Crippen LogP contribution < -0.4 is 10.2 Å². The second-order valence-electron chi connectivity index (χ2n) is 12.0. The zero-order valence-electron chi connectivity index (χ0n) is 23.7. The molecule has 1 N–H and O–H groups in total. The van der Waals surface area contributed by atoms with Crippen molar-refractivity contribution in [2.45, 2.75) is 82.8 Å². The minimum Gasteiger partial charge on any atom is -0.378 e. The van der Waals surface area contributed by atoms with Gasteiger partial charge < -0.3 is 19.5 Å². The van der Waals surface area contributed by atoms with Crippen LogP contribution in [0, 0.1) is 5.92 Å². The van der Waals surface area contributed by atoms with Gasteiger partial charge in [-0.3, -0.25) is 4.79 Å². The maximum absolute atomic E-state index is 14.2. The molecule has 0 bridgehead atoms. The highest BCUT2D eigenvalue weighted by Crippen LogP contribution is 2.45. The zero-order chi connectivity index (χ0) is 28.9. The van der Waals surface area contributed by atoms with Crippen LogP contribution in [0.5, 0.6) is 0 Å². The quantitative estimate of drug-likeness (QED) is 0.345. The first-order chi connectivity index (χ1) is 19.6. The molecule has 10 heteroatoms. The number of carbonyl (C=O) groups is 1. The van der Waals surface area contributed by atoms with Gasteiger partial charge in [-0.15, -0.1) is 10.2 Å². The van der Waals surface area contributed by atoms with Crippen molar-refractivity contribution in [2.75, 3.05) is 11.5 Å². The molecule has 218 valence electrons. The first kappa shape index (κ1) is 27.9. The second kappa shape index (κ2) is 10.5. The van der Waals surface area contributed by atoms with E-state index in [-0.39, 0.29) is 41.2 Å². The number of aryl methyl sites for hydroxylation is 1. The average Bonchev–Trinajstić information content (AvgIpc) is 3.47. The van der Waals surface area contributed by atoms with Gasteiger partial charge in [0.2, 0.25) is 0 Å². The van der Waals surface area contributed by atoms with Gasteiger partial charge in [-0.05, 0) is 92.8 Å². The van der Waals surface area contributed by atoms with Gasteiger partial charge in [0.05, 0.1) is 18.2 Å². The molecule has 6 rings (SSSR count). The Morgan fingerprint density at radius 3 is 2.61 bits per heavy atom. The molecule has 41 heavy (non-hydrogen) atoms. The van der Waals surface area contributed by atoms with Crippen molar-refractivity contribution < 1.29 is 22.7 Å². The number of rotatable bonds is 9. The standard InChI is InChI=1S/C31H36F3N5O2/c1-4-41-23-14-21(15-23)27(28-37-36-18-38(28)3)20-7-5-8-22(13-20)39-17-25-24(29(39)40)11-19(12-26(25)31(32,33)34)16-35-30(2)9-6-10-30/h5,7-8,11-13,18,21,23,27,35H,4,6,9-10,14-17H2,1-3H3/t21?,23?,27-/m0/s1. The van der Waals surface area contributed by atoms with Gasteiger partial charge in [0, 0.05) is 42.9 Å². The van der Waals surface area contributed by atoms with Crippen LogP contribution in [-0.4, -0.2) is 38.9 Å². The summed E-state index contributed by atoms with van der Waals surface area (Å²) in [6, 6.07) is 10.4. The third-order valence-electron chi connectivity index (χ3n) is 9.15. The lowest BCUT2D eigenvalue weighted by molar-refractivity contribution is -0.138. The van der Waals surface area contributed by atoms with Gasteiger partial charge in [0.25, 0.3) is 5.91 Å². The smallest absolute Gasteiger partial charge is 0.378 e. The summed E-state index contributed by atoms with van der Waals surface area (Å²) in [5.41, 5.74) is 1.38. The molecule has 7 nitrogen and oxygen atoms in total. The third-order valence-corrected chi connectivity index (χ3v) is 9.15. The molecule has 0 unspecified atom stereocenters. The molecule has 2 heterocycles. The molecule has 1 aromatic heterocycles. The van der Waals surface area contributed by atoms with Crippen molar-refractivity contribution >= 4 is 11.6 Å². The second-order valence-corrected chi connectivity index (χ2v) is 12.0. The molecule has 2 fully saturated rings. The molecule has 1 atom stereocenters. The Morgan fingerprint density at radius 2 is 1.98 bits per heavy atom. The van der Waals surface area contributed by atoms with Crippen LogP contribution in [0.15, 0.2) is 42.7 Å². The number of nitrogens with one attached hydrogen (secondary N) is 1. The summed E-state index contributed by atoms with van der Waals surface area (Å²) < 4.78 is 50.4. The SMILES string of the molecule is CCOC1CC([C@H](c2cccc(N3Cc4c(cc(CNC5(C)CCC5)cc4C(F)(F)F)C3=O)c2)c2nncn2C)C1. The van der Waals surface area contributed by atoms with Crippen molar-refractivity contribution in [3.63, 3.8) is 0 Å². The van der Waals surface area contributed by atoms with Gasteiger partial charge in [-0.1, -0.05) is 12.1 Å². The lowest BCUT2D eigenvalue weighted by atomic mass is 9.70. The van der Waals surface area contributed by atoms with E-state index < -0.39 is 17.6 Å². The van der Waals surface area contributed by atoms with E-state index >= 15 is 0 Å². The van der Waals surface area contributed by atoms with Crippen molar-refractivity contribution in [3.05, 3.63) is 76.4 Å². The van der Waals surface area contributed by atoms with E-state index in [2.05, 4.69) is 22.4 Å². The summed E-state index contributed by atoms with van der Waals surface area (Å²) in [5.74, 6) is 0.612. The van der Waals surface area contributed by atoms with Crippen molar-refractivity contribution in [3.8, 4) is 0 Å². The Kier molecular flexibility index (Phi) is 7.18. The molecule has 1 aliphatic heterocycles. The molecule has 0 radical (unpaired) electrons. The van der Waals surface area contributed by atoms with Gasteiger partial charge >= 0.3 is 6.18 Å². The van der Waals surface area contributed by atoms with E-state index in [9.17, 15) is 18.0 Å². The Labute approximate surface area is 238 Å². The normalized spacial score (nSPS) is 22.3. The number of alkyl halides is 3. The summed E-state index contributed by atoms with van der Waals surface area (Å²) >= 11 is 0. The molecule has 0 saturated heterocycles. The van der Waals surface area contributed by atoms with Crippen LogP contribution in [-0.2, 0) is 31.1 Å². The fourth-order valence-electron chi connectivity index (χ4n) is 6.57. The lowest BCUT2D eigenvalue weighted by Gasteiger charge is -2.40. The number of amides is 1. The lowest BCUT2D eigenvalue weighted by Crippen LogP contribution is -2.47. The first-order valence-corrected chi connectivity index (χ1v) is 14.4. The van der Waals surface area contributed by atoms with Gasteiger partial charge in [0.15, 0.2) is 0 Å². The zero-order valence-corrected chi connectivity index (χ0v) is 23.7. The summed E-state index contributed by atoms with van der Waals surface area (Å²) in [6.45, 7) is 4.90. The van der Waals surface area contributed by atoms with Crippen molar-refractivity contribution in [2.24, 2.45) is 13.0 Å². The first-order valence-electron chi connectivity index (χ1n) is 14.4. The van der Waals surface area contributed by atoms with Crippen molar-refractivity contribution in [1.29, 1.82) is 0 Å². The largest absolute Gasteiger partial charge is 0.416 e. The fourth-order valence-corrected chi connectivity index (χ4v) is 6.57. The van der Waals surface area contributed by atoms with Gasteiger partial charge in [-0.2, -0.15) is 13.2 Å². The molecule has 2 aliphatic carbocycles. The molecular formula is C31H36F3N5O2. The average molecular weight is 568 g/mol. The van der Waals surface area contributed by atoms with E-state index in [1.54, 1.807) is 18.5 Å². The Balaban J connectivity index is 1.30. The molecule has 1 amide bonds. The fraction of sp³-hybridized carbons (Fsp3) is 0.516. The van der Waals surface area contributed by atoms with Crippen molar-refractivity contribution in [1.82, 2.24) is 20.1 Å². The van der Waals surface area contributed by atoms with E-state index in [4.69, 9.17) is 4.74 Å². The highest BCUT2D eigenvalue weighted by molar-refractivity contribution is 6.10. The number of ether oxygens (including phenoxy) is 1. The number of anilines is 1. The number of hydrogen-bond acceptors (Lipinski definition) is 5. The number of carbonyl (C=O) groups excluding carboxylic acids is 1. The van der Waals surface area contributed by atoms with Crippen LogP contribution in [0.3, 0.4) is 0 Å². The van der Waals surface area contributed by atoms with Crippen LogP contribution in [0.25, 0.3) is 0 Å². The molecule has 3 aliphatic rings. The number of hydrogen-bond donors (Lipinski definition) is 1. The molecule has 3 aromatic rings. The van der Waals surface area contributed by atoms with E-state index in [1.165, 1.54) is 11.0 Å². The van der Waals surface area contributed by atoms with Crippen LogP contribution >= 0.6 is 0 Å². The van der Waals surface area contributed by atoms with Crippen LogP contribution in [0.2, 0.25) is 0 Å². The summed E-state index contributed by atoms with van der Waals surface area (Å²) in [7, 11) is 1.90. The van der Waals surface area contributed by atoms with E-state index in [0.717, 1.165) is 43.5 Å². The minimum atomic E-state index is -4.56. The number of fused-ring (bicyclic) bond motifs is 1. The maximum Gasteiger partial charge on any atom is 0.416 e. The molecule has 2 saturated carbocycles. The van der Waals surface area contributed by atoms with Crippen LogP contribution in [0.1, 0.15) is 90.3 Å². The van der Waals surface area contributed by atoms with Crippen LogP contribution in [0.4, 0.5) is 18.9 Å². The highest BCUT2D eigenvalue weighted by Gasteiger charge is 2.42. The summed E-state index contributed by atoms with van der Waals surface area (Å²) in [6.07, 6.45) is 2.18. The molecular weight excluding hydrogens is 531 g/mol. The van der Waals surface area contributed by atoms with E-state index in [0.29, 0.717) is 24.4 Å². The number of halogens is 3. The Hall–Kier alpha value is -3.24. The van der Waals surface area contributed by atoms with E-state index in [1.807, 2.05) is 36.7 Å². The Morgan fingerprint density at radius 1 is 1.20 bits per heavy atom. The van der Waals surface area contributed by atoms with Gasteiger partial charge in [0.1, 0.15) is 12.2 Å². The Bertz CT molecular complexity index is 1440. The molecule has 2 aromatic carbocycles. The topological polar surface area (TPSA) is 72.3 Å². The number of benzene rings is 2. The predicted molar refractivity (Wildman–Crippen MR) is 148 cm³/mol. The number of nitrogens with zero attached hydrogens (tertiary/aromatic N) is 4. The summed E-state index contributed by atoms with van der Waals surface area (Å²) in [5, 5.41) is 11.9.